The average molecular weight is 370 g/mol. The summed E-state index contributed by atoms with van der Waals surface area (Å²) in [7, 11) is 0. The lowest BCUT2D eigenvalue weighted by atomic mass is 10.1. The molecular weight excluding hydrogens is 350 g/mol. The lowest BCUT2D eigenvalue weighted by molar-refractivity contribution is -0.113. The van der Waals surface area contributed by atoms with Crippen LogP contribution in [0.3, 0.4) is 0 Å². The van der Waals surface area contributed by atoms with E-state index in [-0.39, 0.29) is 5.91 Å². The van der Waals surface area contributed by atoms with Gasteiger partial charge in [-0.15, -0.1) is 22.0 Å². The number of rotatable bonds is 8. The summed E-state index contributed by atoms with van der Waals surface area (Å²) in [4.78, 5) is 12.0. The number of nitrogens with one attached hydrogen (secondary N) is 1. The van der Waals surface area contributed by atoms with Crippen LogP contribution in [0.1, 0.15) is 43.2 Å². The first-order valence-corrected chi connectivity index (χ1v) is 9.92. The number of hydrogen-bond donors (Lipinski definition) is 1. The molecule has 1 aromatic heterocycles. The minimum atomic E-state index is -0.0516. The third kappa shape index (κ3) is 5.79. The molecule has 0 radical (unpaired) electrons. The molecule has 2 aromatic rings. The Hall–Kier alpha value is -1.11. The summed E-state index contributed by atoms with van der Waals surface area (Å²) in [5.41, 5.74) is 1.11. The smallest absolute Gasteiger partial charge is 0.236 e. The standard InChI is InChI=1S/C16H20ClN3OS2/c1-3-12(4-2)15-19-20-16(23-15)18-14(21)10-22-9-11-6-5-7-13(17)8-11/h5-8,12H,3-4,9-10H2,1-2H3,(H,18,20,21). The molecule has 1 N–H and O–H groups in total. The molecule has 0 saturated heterocycles. The molecule has 7 heteroatoms. The molecule has 0 atom stereocenters. The maximum absolute atomic E-state index is 12.0. The summed E-state index contributed by atoms with van der Waals surface area (Å²) < 4.78 is 0. The number of thioether (sulfide) groups is 1. The van der Waals surface area contributed by atoms with Gasteiger partial charge < -0.3 is 0 Å². The summed E-state index contributed by atoms with van der Waals surface area (Å²) >= 11 is 8.96. The van der Waals surface area contributed by atoms with Crippen LogP contribution in [0.15, 0.2) is 24.3 Å². The molecule has 1 heterocycles. The second-order valence-corrected chi connectivity index (χ2v) is 7.56. The van der Waals surface area contributed by atoms with Gasteiger partial charge in [0, 0.05) is 16.7 Å². The van der Waals surface area contributed by atoms with Crippen LogP contribution < -0.4 is 5.32 Å². The van der Waals surface area contributed by atoms with E-state index in [9.17, 15) is 4.79 Å². The van der Waals surface area contributed by atoms with Crippen LogP contribution in [0.5, 0.6) is 0 Å². The Morgan fingerprint density at radius 1 is 1.35 bits per heavy atom. The zero-order chi connectivity index (χ0) is 16.7. The molecule has 0 saturated carbocycles. The maximum Gasteiger partial charge on any atom is 0.236 e. The molecule has 4 nitrogen and oxygen atoms in total. The van der Waals surface area contributed by atoms with E-state index in [0.717, 1.165) is 34.2 Å². The van der Waals surface area contributed by atoms with E-state index < -0.39 is 0 Å². The van der Waals surface area contributed by atoms with E-state index >= 15 is 0 Å². The van der Waals surface area contributed by atoms with Crippen molar-refractivity contribution in [1.82, 2.24) is 10.2 Å². The van der Waals surface area contributed by atoms with Crippen LogP contribution in [-0.2, 0) is 10.5 Å². The van der Waals surface area contributed by atoms with Gasteiger partial charge in [0.2, 0.25) is 11.0 Å². The number of halogens is 1. The molecule has 1 amide bonds. The molecule has 0 bridgehead atoms. The highest BCUT2D eigenvalue weighted by Crippen LogP contribution is 2.28. The molecule has 23 heavy (non-hydrogen) atoms. The van der Waals surface area contributed by atoms with Gasteiger partial charge in [-0.1, -0.05) is 48.9 Å². The van der Waals surface area contributed by atoms with Crippen LogP contribution in [-0.4, -0.2) is 21.9 Å². The van der Waals surface area contributed by atoms with E-state index in [0.29, 0.717) is 16.8 Å². The van der Waals surface area contributed by atoms with Crippen LogP contribution in [0.25, 0.3) is 0 Å². The summed E-state index contributed by atoms with van der Waals surface area (Å²) in [6, 6.07) is 7.68. The van der Waals surface area contributed by atoms with Crippen LogP contribution in [0.4, 0.5) is 5.13 Å². The van der Waals surface area contributed by atoms with Gasteiger partial charge in [-0.3, -0.25) is 10.1 Å². The second kappa shape index (κ2) is 9.25. The number of carbonyl (C=O) groups is 1. The van der Waals surface area contributed by atoms with Crippen LogP contribution in [0.2, 0.25) is 5.02 Å². The normalized spacial score (nSPS) is 11.0. The molecular formula is C16H20ClN3OS2. The van der Waals surface area contributed by atoms with Gasteiger partial charge in [-0.05, 0) is 30.5 Å². The largest absolute Gasteiger partial charge is 0.300 e. The topological polar surface area (TPSA) is 54.9 Å². The highest BCUT2D eigenvalue weighted by Gasteiger charge is 2.14. The minimum Gasteiger partial charge on any atom is -0.300 e. The highest BCUT2D eigenvalue weighted by atomic mass is 35.5. The number of amides is 1. The lowest BCUT2D eigenvalue weighted by Crippen LogP contribution is -2.13. The average Bonchev–Trinajstić information content (AvgIpc) is 2.97. The maximum atomic E-state index is 12.0. The monoisotopic (exact) mass is 369 g/mol. The first-order chi connectivity index (χ1) is 11.1. The molecule has 0 aliphatic carbocycles. The van der Waals surface area contributed by atoms with Crippen LogP contribution >= 0.6 is 34.7 Å². The summed E-state index contributed by atoms with van der Waals surface area (Å²) in [6.07, 6.45) is 2.07. The van der Waals surface area contributed by atoms with E-state index in [2.05, 4.69) is 29.4 Å². The summed E-state index contributed by atoms with van der Waals surface area (Å²) in [5, 5.41) is 13.4. The van der Waals surface area contributed by atoms with Gasteiger partial charge in [-0.2, -0.15) is 0 Å². The van der Waals surface area contributed by atoms with E-state index in [1.54, 1.807) is 11.8 Å². The number of aromatic nitrogens is 2. The fraction of sp³-hybridized carbons (Fsp3) is 0.438. The van der Waals surface area contributed by atoms with Gasteiger partial charge in [-0.25, -0.2) is 0 Å². The Labute approximate surface area is 150 Å². The van der Waals surface area contributed by atoms with Gasteiger partial charge in [0.15, 0.2) is 0 Å². The SMILES string of the molecule is CCC(CC)c1nnc(NC(=O)CSCc2cccc(Cl)c2)s1. The quantitative estimate of drug-likeness (QED) is 0.713. The molecule has 1 aromatic carbocycles. The Kier molecular flexibility index (Phi) is 7.33. The molecule has 2 rings (SSSR count). The van der Waals surface area contributed by atoms with Crippen molar-refractivity contribution in [3.63, 3.8) is 0 Å². The van der Waals surface area contributed by atoms with E-state index in [1.807, 2.05) is 24.3 Å². The molecule has 0 aliphatic heterocycles. The van der Waals surface area contributed by atoms with Crippen molar-refractivity contribution in [1.29, 1.82) is 0 Å². The van der Waals surface area contributed by atoms with E-state index in [4.69, 9.17) is 11.6 Å². The fourth-order valence-corrected chi connectivity index (χ4v) is 4.15. The zero-order valence-corrected chi connectivity index (χ0v) is 15.6. The lowest BCUT2D eigenvalue weighted by Gasteiger charge is -2.05. The Morgan fingerprint density at radius 2 is 2.13 bits per heavy atom. The molecule has 0 fully saturated rings. The van der Waals surface area contributed by atoms with Crippen molar-refractivity contribution < 1.29 is 4.79 Å². The number of benzene rings is 1. The number of anilines is 1. The van der Waals surface area contributed by atoms with Gasteiger partial charge in [0.05, 0.1) is 5.75 Å². The summed E-state index contributed by atoms with van der Waals surface area (Å²) in [6.45, 7) is 4.28. The number of hydrogen-bond acceptors (Lipinski definition) is 5. The Balaban J connectivity index is 1.78. The Bertz CT molecular complexity index is 644. The summed E-state index contributed by atoms with van der Waals surface area (Å²) in [5.74, 6) is 1.51. The number of carbonyl (C=O) groups excluding carboxylic acids is 1. The van der Waals surface area contributed by atoms with Crippen molar-refractivity contribution in [3.8, 4) is 0 Å². The van der Waals surface area contributed by atoms with Gasteiger partial charge in [0.25, 0.3) is 0 Å². The molecule has 0 unspecified atom stereocenters. The minimum absolute atomic E-state index is 0.0516. The van der Waals surface area contributed by atoms with Crippen molar-refractivity contribution in [2.45, 2.75) is 38.4 Å². The van der Waals surface area contributed by atoms with Crippen LogP contribution in [0, 0.1) is 0 Å². The first-order valence-electron chi connectivity index (χ1n) is 7.57. The second-order valence-electron chi connectivity index (χ2n) is 5.13. The molecule has 124 valence electrons. The number of nitrogens with zero attached hydrogens (tertiary/aromatic N) is 2. The van der Waals surface area contributed by atoms with E-state index in [1.165, 1.54) is 11.3 Å². The van der Waals surface area contributed by atoms with Crippen molar-refractivity contribution in [2.75, 3.05) is 11.1 Å². The van der Waals surface area contributed by atoms with Gasteiger partial charge in [0.1, 0.15) is 5.01 Å². The predicted octanol–water partition coefficient (Wildman–Crippen LogP) is 4.97. The van der Waals surface area contributed by atoms with Crippen molar-refractivity contribution in [2.24, 2.45) is 0 Å². The zero-order valence-electron chi connectivity index (χ0n) is 13.2. The third-order valence-corrected chi connectivity index (χ3v) is 5.65. The first kappa shape index (κ1) is 18.2. The molecule has 0 aliphatic rings. The predicted molar refractivity (Wildman–Crippen MR) is 99.5 cm³/mol. The Morgan fingerprint density at radius 3 is 2.83 bits per heavy atom. The van der Waals surface area contributed by atoms with Crippen molar-refractivity contribution >= 4 is 45.7 Å². The van der Waals surface area contributed by atoms with Gasteiger partial charge >= 0.3 is 0 Å². The van der Waals surface area contributed by atoms with Crippen molar-refractivity contribution in [3.05, 3.63) is 39.9 Å². The highest BCUT2D eigenvalue weighted by molar-refractivity contribution is 7.99. The molecule has 0 spiro atoms. The third-order valence-electron chi connectivity index (χ3n) is 3.41. The fourth-order valence-electron chi connectivity index (χ4n) is 2.13.